The highest BCUT2D eigenvalue weighted by Gasteiger charge is 2.44. The van der Waals surface area contributed by atoms with Crippen LogP contribution in [0.2, 0.25) is 0 Å². The number of carboxylic acids is 1. The first-order valence-corrected chi connectivity index (χ1v) is 6.28. The van der Waals surface area contributed by atoms with Gasteiger partial charge in [0.25, 0.3) is 0 Å². The summed E-state index contributed by atoms with van der Waals surface area (Å²) in [6.07, 6.45) is 7.10. The quantitative estimate of drug-likeness (QED) is 0.773. The average Bonchev–Trinajstić information content (AvgIpc) is 2.78. The van der Waals surface area contributed by atoms with Gasteiger partial charge in [-0.3, -0.25) is 4.79 Å². The first-order valence-electron chi connectivity index (χ1n) is 6.28. The third kappa shape index (κ3) is 1.91. The summed E-state index contributed by atoms with van der Waals surface area (Å²) >= 11 is 0. The SMILES string of the molecule is CCC(C)(CC1CC2CCC1C2)C(=O)O. The molecular formula is C13H22O2. The lowest BCUT2D eigenvalue weighted by atomic mass is 9.73. The van der Waals surface area contributed by atoms with Crippen molar-refractivity contribution in [2.24, 2.45) is 23.2 Å². The van der Waals surface area contributed by atoms with Crippen LogP contribution in [0.1, 0.15) is 52.4 Å². The Morgan fingerprint density at radius 3 is 2.53 bits per heavy atom. The summed E-state index contributed by atoms with van der Waals surface area (Å²) in [5.74, 6) is 1.87. The molecule has 4 atom stereocenters. The maximum absolute atomic E-state index is 11.2. The first-order chi connectivity index (χ1) is 7.05. The van der Waals surface area contributed by atoms with Gasteiger partial charge in [-0.1, -0.05) is 13.3 Å². The van der Waals surface area contributed by atoms with Gasteiger partial charge >= 0.3 is 5.97 Å². The van der Waals surface area contributed by atoms with E-state index in [0.717, 1.165) is 24.7 Å². The van der Waals surface area contributed by atoms with E-state index in [9.17, 15) is 9.90 Å². The van der Waals surface area contributed by atoms with Crippen molar-refractivity contribution in [2.75, 3.05) is 0 Å². The van der Waals surface area contributed by atoms with E-state index in [-0.39, 0.29) is 0 Å². The second-order valence-electron chi connectivity index (χ2n) is 5.86. The van der Waals surface area contributed by atoms with Crippen molar-refractivity contribution < 1.29 is 9.90 Å². The monoisotopic (exact) mass is 210 g/mol. The van der Waals surface area contributed by atoms with Crippen LogP contribution >= 0.6 is 0 Å². The highest BCUT2D eigenvalue weighted by atomic mass is 16.4. The van der Waals surface area contributed by atoms with Crippen molar-refractivity contribution in [3.63, 3.8) is 0 Å². The van der Waals surface area contributed by atoms with Crippen LogP contribution in [0.15, 0.2) is 0 Å². The summed E-state index contributed by atoms with van der Waals surface area (Å²) < 4.78 is 0. The van der Waals surface area contributed by atoms with Crippen molar-refractivity contribution in [1.29, 1.82) is 0 Å². The number of carbonyl (C=O) groups is 1. The molecular weight excluding hydrogens is 188 g/mol. The van der Waals surface area contributed by atoms with Gasteiger partial charge in [-0.25, -0.2) is 0 Å². The van der Waals surface area contributed by atoms with Crippen LogP contribution in [-0.2, 0) is 4.79 Å². The van der Waals surface area contributed by atoms with E-state index in [2.05, 4.69) is 0 Å². The average molecular weight is 210 g/mol. The van der Waals surface area contributed by atoms with Crippen LogP contribution in [0, 0.1) is 23.2 Å². The summed E-state index contributed by atoms with van der Waals surface area (Å²) in [7, 11) is 0. The largest absolute Gasteiger partial charge is 0.481 e. The van der Waals surface area contributed by atoms with Crippen LogP contribution in [0.3, 0.4) is 0 Å². The molecule has 2 aliphatic carbocycles. The summed E-state index contributed by atoms with van der Waals surface area (Å²) in [4.78, 5) is 11.2. The Labute approximate surface area is 92.1 Å². The zero-order valence-corrected chi connectivity index (χ0v) is 9.83. The summed E-state index contributed by atoms with van der Waals surface area (Å²) in [6, 6.07) is 0. The molecule has 2 saturated carbocycles. The number of rotatable bonds is 4. The molecule has 2 rings (SSSR count). The Morgan fingerprint density at radius 1 is 1.40 bits per heavy atom. The molecule has 1 N–H and O–H groups in total. The Hall–Kier alpha value is -0.530. The highest BCUT2D eigenvalue weighted by Crippen LogP contribution is 2.52. The van der Waals surface area contributed by atoms with Gasteiger partial charge in [-0.05, 0) is 56.8 Å². The number of aliphatic carboxylic acids is 1. The standard InChI is InChI=1S/C13H22O2/c1-3-13(2,12(14)15)8-11-7-9-4-5-10(11)6-9/h9-11H,3-8H2,1-2H3,(H,14,15). The van der Waals surface area contributed by atoms with Crippen molar-refractivity contribution in [3.05, 3.63) is 0 Å². The number of hydrogen-bond acceptors (Lipinski definition) is 1. The minimum absolute atomic E-state index is 0.477. The molecule has 0 saturated heterocycles. The second-order valence-corrected chi connectivity index (χ2v) is 5.86. The molecule has 2 aliphatic rings. The summed E-state index contributed by atoms with van der Waals surface area (Å²) in [6.45, 7) is 3.92. The Balaban J connectivity index is 1.99. The van der Waals surface area contributed by atoms with Crippen molar-refractivity contribution >= 4 is 5.97 Å². The van der Waals surface area contributed by atoms with Gasteiger partial charge in [0.2, 0.25) is 0 Å². The topological polar surface area (TPSA) is 37.3 Å². The van der Waals surface area contributed by atoms with Crippen molar-refractivity contribution in [1.82, 2.24) is 0 Å². The lowest BCUT2D eigenvalue weighted by Gasteiger charge is -2.30. The highest BCUT2D eigenvalue weighted by molar-refractivity contribution is 5.74. The lowest BCUT2D eigenvalue weighted by molar-refractivity contribution is -0.149. The number of carboxylic acid groups (broad SMARTS) is 1. The van der Waals surface area contributed by atoms with Crippen molar-refractivity contribution in [3.8, 4) is 0 Å². The molecule has 2 bridgehead atoms. The third-order valence-corrected chi connectivity index (χ3v) is 4.89. The molecule has 2 fully saturated rings. The fourth-order valence-electron chi connectivity index (χ4n) is 3.59. The molecule has 0 aromatic carbocycles. The zero-order chi connectivity index (χ0) is 11.1. The smallest absolute Gasteiger partial charge is 0.309 e. The molecule has 0 aromatic heterocycles. The van der Waals surface area contributed by atoms with E-state index in [4.69, 9.17) is 0 Å². The molecule has 2 nitrogen and oxygen atoms in total. The minimum atomic E-state index is -0.604. The van der Waals surface area contributed by atoms with Crippen LogP contribution in [0.4, 0.5) is 0 Å². The third-order valence-electron chi connectivity index (χ3n) is 4.89. The minimum Gasteiger partial charge on any atom is -0.481 e. The van der Waals surface area contributed by atoms with Gasteiger partial charge in [0.05, 0.1) is 5.41 Å². The normalized spacial score (nSPS) is 37.9. The van der Waals surface area contributed by atoms with Crippen LogP contribution < -0.4 is 0 Å². The predicted molar refractivity (Wildman–Crippen MR) is 59.6 cm³/mol. The Bertz CT molecular complexity index is 261. The van der Waals surface area contributed by atoms with Gasteiger partial charge in [0.1, 0.15) is 0 Å². The molecule has 0 amide bonds. The number of hydrogen-bond donors (Lipinski definition) is 1. The molecule has 0 aliphatic heterocycles. The molecule has 15 heavy (non-hydrogen) atoms. The Morgan fingerprint density at radius 2 is 2.13 bits per heavy atom. The maximum Gasteiger partial charge on any atom is 0.309 e. The first kappa shape index (κ1) is 11.0. The van der Waals surface area contributed by atoms with Crippen molar-refractivity contribution in [2.45, 2.75) is 52.4 Å². The molecule has 2 heteroatoms. The predicted octanol–water partition coefficient (Wildman–Crippen LogP) is 3.31. The molecule has 0 spiro atoms. The van der Waals surface area contributed by atoms with Crippen LogP contribution in [0.25, 0.3) is 0 Å². The van der Waals surface area contributed by atoms with E-state index >= 15 is 0 Å². The van der Waals surface area contributed by atoms with E-state index in [0.29, 0.717) is 5.92 Å². The molecule has 0 aromatic rings. The molecule has 86 valence electrons. The van der Waals surface area contributed by atoms with Gasteiger partial charge in [0.15, 0.2) is 0 Å². The zero-order valence-electron chi connectivity index (χ0n) is 9.83. The van der Waals surface area contributed by atoms with Gasteiger partial charge in [-0.2, -0.15) is 0 Å². The number of fused-ring (bicyclic) bond motifs is 2. The molecule has 0 heterocycles. The van der Waals surface area contributed by atoms with Crippen LogP contribution in [-0.4, -0.2) is 11.1 Å². The summed E-state index contributed by atoms with van der Waals surface area (Å²) in [5.41, 5.74) is -0.477. The molecule has 4 unspecified atom stereocenters. The van der Waals surface area contributed by atoms with E-state index < -0.39 is 11.4 Å². The molecule has 0 radical (unpaired) electrons. The van der Waals surface area contributed by atoms with Gasteiger partial charge in [-0.15, -0.1) is 0 Å². The fraction of sp³-hybridized carbons (Fsp3) is 0.923. The lowest BCUT2D eigenvalue weighted by Crippen LogP contribution is -2.31. The van der Waals surface area contributed by atoms with E-state index in [1.54, 1.807) is 0 Å². The van der Waals surface area contributed by atoms with E-state index in [1.165, 1.54) is 25.7 Å². The van der Waals surface area contributed by atoms with Crippen LogP contribution in [0.5, 0.6) is 0 Å². The van der Waals surface area contributed by atoms with E-state index in [1.807, 2.05) is 13.8 Å². The van der Waals surface area contributed by atoms with Gasteiger partial charge in [0, 0.05) is 0 Å². The fourth-order valence-corrected chi connectivity index (χ4v) is 3.59. The second kappa shape index (κ2) is 3.80. The summed E-state index contributed by atoms with van der Waals surface area (Å²) in [5, 5.41) is 9.26. The maximum atomic E-state index is 11.2. The Kier molecular flexibility index (Phi) is 2.78. The van der Waals surface area contributed by atoms with Gasteiger partial charge < -0.3 is 5.11 Å².